The number of halogens is 2. The fraction of sp³-hybridized carbons (Fsp3) is 0.875. The molecule has 0 aliphatic heterocycles. The van der Waals surface area contributed by atoms with Crippen LogP contribution in [0.4, 0.5) is 0 Å². The van der Waals surface area contributed by atoms with Gasteiger partial charge >= 0.3 is 0 Å². The molecule has 1 nitrogen and oxygen atoms in total. The Morgan fingerprint density at radius 2 is 1.91 bits per heavy atom. The van der Waals surface area contributed by atoms with E-state index < -0.39 is 0 Å². The van der Waals surface area contributed by atoms with Gasteiger partial charge in [0.05, 0.1) is 0 Å². The van der Waals surface area contributed by atoms with Crippen LogP contribution in [0.3, 0.4) is 0 Å². The molecule has 0 amide bonds. The molecule has 0 aromatic carbocycles. The third-order valence-corrected chi connectivity index (χ3v) is 3.04. The topological polar surface area (TPSA) is 17.1 Å². The highest BCUT2D eigenvalue weighted by Gasteiger charge is 2.31. The lowest BCUT2D eigenvalue weighted by Gasteiger charge is -2.30. The number of carbonyl (C=O) groups excluding carboxylic acids is 1. The summed E-state index contributed by atoms with van der Waals surface area (Å²) in [5, 5.41) is -0.197. The van der Waals surface area contributed by atoms with Crippen molar-refractivity contribution in [3.05, 3.63) is 0 Å². The molecule has 0 aromatic heterocycles. The summed E-state index contributed by atoms with van der Waals surface area (Å²) in [5.41, 5.74) is 0. The summed E-state index contributed by atoms with van der Waals surface area (Å²) in [6.07, 6.45) is 3.50. The van der Waals surface area contributed by atoms with Crippen molar-refractivity contribution in [3.8, 4) is 0 Å². The summed E-state index contributed by atoms with van der Waals surface area (Å²) in [6.45, 7) is 2.02. The van der Waals surface area contributed by atoms with Crippen LogP contribution in [0.5, 0.6) is 0 Å². The second-order valence-corrected chi connectivity index (χ2v) is 4.78. The van der Waals surface area contributed by atoms with Crippen LogP contribution in [0.25, 0.3) is 0 Å². The van der Waals surface area contributed by atoms with E-state index in [9.17, 15) is 4.79 Å². The molecular formula is C8H12Cl2O. The van der Waals surface area contributed by atoms with Crippen molar-refractivity contribution in [1.82, 2.24) is 0 Å². The van der Waals surface area contributed by atoms with Gasteiger partial charge in [-0.2, -0.15) is 0 Å². The van der Waals surface area contributed by atoms with Gasteiger partial charge in [-0.15, -0.1) is 11.6 Å². The number of alkyl halides is 1. The van der Waals surface area contributed by atoms with Crippen LogP contribution in [-0.4, -0.2) is 10.1 Å². The van der Waals surface area contributed by atoms with Crippen molar-refractivity contribution in [1.29, 1.82) is 0 Å². The summed E-state index contributed by atoms with van der Waals surface area (Å²) < 4.78 is 0. The lowest BCUT2D eigenvalue weighted by molar-refractivity contribution is -0.116. The van der Waals surface area contributed by atoms with E-state index in [4.69, 9.17) is 23.2 Å². The molecule has 0 bridgehead atoms. The van der Waals surface area contributed by atoms with Crippen LogP contribution in [0, 0.1) is 5.92 Å². The van der Waals surface area contributed by atoms with Gasteiger partial charge in [0.15, 0.2) is 0 Å². The molecule has 64 valence electrons. The van der Waals surface area contributed by atoms with Gasteiger partial charge in [-0.1, -0.05) is 0 Å². The highest BCUT2D eigenvalue weighted by molar-refractivity contribution is 6.64. The van der Waals surface area contributed by atoms with E-state index in [2.05, 4.69) is 0 Å². The minimum absolute atomic E-state index is 0.0588. The molecule has 11 heavy (non-hydrogen) atoms. The quantitative estimate of drug-likeness (QED) is 0.464. The Kier molecular flexibility index (Phi) is 2.82. The Morgan fingerprint density at radius 1 is 1.45 bits per heavy atom. The summed E-state index contributed by atoms with van der Waals surface area (Å²) in [6, 6.07) is 0. The zero-order chi connectivity index (χ0) is 8.48. The molecule has 1 rings (SSSR count). The Morgan fingerprint density at radius 3 is 2.27 bits per heavy atom. The van der Waals surface area contributed by atoms with E-state index in [1.54, 1.807) is 0 Å². The summed E-state index contributed by atoms with van der Waals surface area (Å²) in [4.78, 5) is 10.6. The van der Waals surface area contributed by atoms with Gasteiger partial charge < -0.3 is 0 Å². The van der Waals surface area contributed by atoms with Gasteiger partial charge in [-0.25, -0.2) is 0 Å². The molecule has 0 N–H and O–H groups in total. The largest absolute Gasteiger partial charge is 0.281 e. The Bertz CT molecular complexity index is 155. The molecule has 0 radical (unpaired) electrons. The molecule has 0 spiro atoms. The number of rotatable bonds is 1. The summed E-state index contributed by atoms with van der Waals surface area (Å²) in [5.74, 6) is 0.0588. The second-order valence-electron chi connectivity index (χ2n) is 3.49. The monoisotopic (exact) mass is 194 g/mol. The maximum Gasteiger partial charge on any atom is 0.224 e. The highest BCUT2D eigenvalue weighted by atomic mass is 35.5. The van der Waals surface area contributed by atoms with Crippen LogP contribution < -0.4 is 0 Å². The SMILES string of the molecule is CC1(Cl)CCC(C(=O)Cl)CC1. The minimum atomic E-state index is -0.197. The molecule has 0 saturated heterocycles. The molecule has 1 aliphatic rings. The standard InChI is InChI=1S/C8H12Cl2O/c1-8(10)4-2-6(3-5-8)7(9)11/h6H,2-5H2,1H3. The number of carbonyl (C=O) groups is 1. The van der Waals surface area contributed by atoms with E-state index in [1.165, 1.54) is 0 Å². The average Bonchev–Trinajstić information content (AvgIpc) is 1.86. The van der Waals surface area contributed by atoms with Crippen LogP contribution in [-0.2, 0) is 4.79 Å². The molecule has 0 unspecified atom stereocenters. The first-order valence-electron chi connectivity index (χ1n) is 3.89. The maximum atomic E-state index is 10.7. The van der Waals surface area contributed by atoms with Crippen molar-refractivity contribution in [2.75, 3.05) is 0 Å². The minimum Gasteiger partial charge on any atom is -0.281 e. The van der Waals surface area contributed by atoms with Gasteiger partial charge in [-0.05, 0) is 44.2 Å². The number of hydrogen-bond donors (Lipinski definition) is 0. The van der Waals surface area contributed by atoms with Crippen molar-refractivity contribution < 1.29 is 4.79 Å². The second kappa shape index (κ2) is 3.32. The van der Waals surface area contributed by atoms with Gasteiger partial charge in [0, 0.05) is 10.8 Å². The zero-order valence-corrected chi connectivity index (χ0v) is 8.08. The van der Waals surface area contributed by atoms with Gasteiger partial charge in [-0.3, -0.25) is 4.79 Å². The molecule has 0 heterocycles. The zero-order valence-electron chi connectivity index (χ0n) is 6.57. The first-order chi connectivity index (χ1) is 5.01. The van der Waals surface area contributed by atoms with Gasteiger partial charge in [0.2, 0.25) is 5.24 Å². The summed E-state index contributed by atoms with van der Waals surface area (Å²) in [7, 11) is 0. The van der Waals surface area contributed by atoms with E-state index in [0.29, 0.717) is 0 Å². The molecule has 3 heteroatoms. The molecule has 1 aliphatic carbocycles. The van der Waals surface area contributed by atoms with Crippen molar-refractivity contribution in [2.24, 2.45) is 5.92 Å². The van der Waals surface area contributed by atoms with Crippen LogP contribution in [0.15, 0.2) is 0 Å². The lowest BCUT2D eigenvalue weighted by atomic mass is 9.83. The first-order valence-corrected chi connectivity index (χ1v) is 4.65. The molecule has 1 fully saturated rings. The van der Waals surface area contributed by atoms with Crippen molar-refractivity contribution in [2.45, 2.75) is 37.5 Å². The van der Waals surface area contributed by atoms with Crippen molar-refractivity contribution in [3.63, 3.8) is 0 Å². The fourth-order valence-electron chi connectivity index (χ4n) is 1.45. The predicted molar refractivity (Wildman–Crippen MR) is 47.1 cm³/mol. The Balaban J connectivity index is 2.42. The van der Waals surface area contributed by atoms with E-state index in [0.717, 1.165) is 25.7 Å². The van der Waals surface area contributed by atoms with Crippen LogP contribution in [0.2, 0.25) is 0 Å². The normalized spacial score (nSPS) is 38.6. The third-order valence-electron chi connectivity index (χ3n) is 2.35. The lowest BCUT2D eigenvalue weighted by Crippen LogP contribution is -2.27. The summed E-state index contributed by atoms with van der Waals surface area (Å²) >= 11 is 11.5. The smallest absolute Gasteiger partial charge is 0.224 e. The van der Waals surface area contributed by atoms with E-state index >= 15 is 0 Å². The Labute approximate surface area is 77.1 Å². The van der Waals surface area contributed by atoms with Gasteiger partial charge in [0.25, 0.3) is 0 Å². The van der Waals surface area contributed by atoms with Crippen LogP contribution >= 0.6 is 23.2 Å². The van der Waals surface area contributed by atoms with E-state index in [1.807, 2.05) is 6.92 Å². The average molecular weight is 195 g/mol. The fourth-order valence-corrected chi connectivity index (χ4v) is 1.88. The molecular weight excluding hydrogens is 183 g/mol. The molecule has 1 saturated carbocycles. The molecule has 0 aromatic rings. The van der Waals surface area contributed by atoms with Crippen molar-refractivity contribution >= 4 is 28.4 Å². The van der Waals surface area contributed by atoms with Crippen LogP contribution in [0.1, 0.15) is 32.6 Å². The number of hydrogen-bond acceptors (Lipinski definition) is 1. The first kappa shape index (κ1) is 9.34. The molecule has 0 atom stereocenters. The van der Waals surface area contributed by atoms with E-state index in [-0.39, 0.29) is 16.0 Å². The highest BCUT2D eigenvalue weighted by Crippen LogP contribution is 2.37. The van der Waals surface area contributed by atoms with Gasteiger partial charge in [0.1, 0.15) is 0 Å². The maximum absolute atomic E-state index is 10.7. The Hall–Kier alpha value is 0.250. The predicted octanol–water partition coefficient (Wildman–Crippen LogP) is 2.94. The third kappa shape index (κ3) is 2.64.